The molecule has 0 aromatic heterocycles. The standard InChI is InChI=1S/C15H30O2/c1-13(2)10-15(11-16-3,12-17-4)14-8-6-5-7-9-14/h13-14H,5-12H2,1-4H3. The van der Waals surface area contributed by atoms with E-state index in [0.717, 1.165) is 19.1 Å². The van der Waals surface area contributed by atoms with E-state index in [4.69, 9.17) is 9.47 Å². The zero-order chi connectivity index (χ0) is 12.7. The number of hydrogen-bond donors (Lipinski definition) is 0. The van der Waals surface area contributed by atoms with Crippen molar-refractivity contribution in [3.63, 3.8) is 0 Å². The number of rotatable bonds is 7. The Morgan fingerprint density at radius 3 is 1.94 bits per heavy atom. The van der Waals surface area contributed by atoms with Gasteiger partial charge in [0, 0.05) is 19.6 Å². The molecule has 0 aromatic carbocycles. The van der Waals surface area contributed by atoms with Gasteiger partial charge in [0.2, 0.25) is 0 Å². The SMILES string of the molecule is COCC(COC)(CC(C)C)C1CCCCC1. The van der Waals surface area contributed by atoms with Crippen molar-refractivity contribution in [2.75, 3.05) is 27.4 Å². The molecule has 1 fully saturated rings. The van der Waals surface area contributed by atoms with Gasteiger partial charge in [-0.05, 0) is 31.1 Å². The zero-order valence-corrected chi connectivity index (χ0v) is 12.1. The molecule has 1 saturated carbocycles. The summed E-state index contributed by atoms with van der Waals surface area (Å²) in [6, 6.07) is 0. The van der Waals surface area contributed by atoms with E-state index in [1.165, 1.54) is 38.5 Å². The van der Waals surface area contributed by atoms with Crippen molar-refractivity contribution in [1.29, 1.82) is 0 Å². The number of hydrogen-bond acceptors (Lipinski definition) is 2. The molecule has 2 heteroatoms. The Morgan fingerprint density at radius 2 is 1.53 bits per heavy atom. The second-order valence-corrected chi connectivity index (χ2v) is 6.16. The van der Waals surface area contributed by atoms with Crippen LogP contribution in [0.25, 0.3) is 0 Å². The van der Waals surface area contributed by atoms with E-state index in [-0.39, 0.29) is 5.41 Å². The monoisotopic (exact) mass is 242 g/mol. The average Bonchev–Trinajstić information content (AvgIpc) is 2.30. The van der Waals surface area contributed by atoms with Gasteiger partial charge in [-0.3, -0.25) is 0 Å². The van der Waals surface area contributed by atoms with Gasteiger partial charge in [-0.25, -0.2) is 0 Å². The molecule has 0 atom stereocenters. The van der Waals surface area contributed by atoms with E-state index in [1.54, 1.807) is 0 Å². The first-order chi connectivity index (χ1) is 8.14. The highest BCUT2D eigenvalue weighted by Crippen LogP contribution is 2.43. The summed E-state index contributed by atoms with van der Waals surface area (Å²) in [5.74, 6) is 1.50. The summed E-state index contributed by atoms with van der Waals surface area (Å²) in [5, 5.41) is 0. The van der Waals surface area contributed by atoms with E-state index in [1.807, 2.05) is 14.2 Å². The fourth-order valence-electron chi connectivity index (χ4n) is 3.66. The third-order valence-corrected chi connectivity index (χ3v) is 4.15. The van der Waals surface area contributed by atoms with Crippen LogP contribution in [0.5, 0.6) is 0 Å². The molecule has 0 aliphatic heterocycles. The Labute approximate surface area is 107 Å². The lowest BCUT2D eigenvalue weighted by atomic mass is 9.66. The van der Waals surface area contributed by atoms with Crippen molar-refractivity contribution in [2.24, 2.45) is 17.3 Å². The maximum atomic E-state index is 5.53. The smallest absolute Gasteiger partial charge is 0.0543 e. The molecule has 1 aliphatic carbocycles. The Hall–Kier alpha value is -0.0800. The first kappa shape index (κ1) is 15.0. The lowest BCUT2D eigenvalue weighted by Crippen LogP contribution is -2.41. The fourth-order valence-corrected chi connectivity index (χ4v) is 3.66. The van der Waals surface area contributed by atoms with Crippen molar-refractivity contribution < 1.29 is 9.47 Å². The quantitative estimate of drug-likeness (QED) is 0.674. The van der Waals surface area contributed by atoms with Crippen LogP contribution in [-0.2, 0) is 9.47 Å². The third-order valence-electron chi connectivity index (χ3n) is 4.15. The Kier molecular flexibility index (Phi) is 6.50. The molecule has 0 heterocycles. The van der Waals surface area contributed by atoms with Gasteiger partial charge < -0.3 is 9.47 Å². The van der Waals surface area contributed by atoms with Crippen LogP contribution in [-0.4, -0.2) is 27.4 Å². The van der Waals surface area contributed by atoms with Crippen LogP contribution in [0.4, 0.5) is 0 Å². The second-order valence-electron chi connectivity index (χ2n) is 6.16. The van der Waals surface area contributed by atoms with Crippen molar-refractivity contribution in [2.45, 2.75) is 52.4 Å². The van der Waals surface area contributed by atoms with Gasteiger partial charge in [-0.15, -0.1) is 0 Å². The zero-order valence-electron chi connectivity index (χ0n) is 12.1. The van der Waals surface area contributed by atoms with Gasteiger partial charge in [-0.2, -0.15) is 0 Å². The topological polar surface area (TPSA) is 18.5 Å². The predicted molar refractivity (Wildman–Crippen MR) is 72.2 cm³/mol. The maximum absolute atomic E-state index is 5.53. The minimum absolute atomic E-state index is 0.248. The molecule has 1 rings (SSSR count). The van der Waals surface area contributed by atoms with Crippen LogP contribution in [0.15, 0.2) is 0 Å². The first-order valence-electron chi connectivity index (χ1n) is 7.12. The lowest BCUT2D eigenvalue weighted by molar-refractivity contribution is -0.0533. The summed E-state index contributed by atoms with van der Waals surface area (Å²) in [7, 11) is 3.65. The molecule has 102 valence electrons. The van der Waals surface area contributed by atoms with E-state index < -0.39 is 0 Å². The molecule has 0 N–H and O–H groups in total. The van der Waals surface area contributed by atoms with Crippen LogP contribution in [0.1, 0.15) is 52.4 Å². The summed E-state index contributed by atoms with van der Waals surface area (Å²) < 4.78 is 11.1. The Morgan fingerprint density at radius 1 is 1.00 bits per heavy atom. The molecule has 0 bridgehead atoms. The van der Waals surface area contributed by atoms with E-state index >= 15 is 0 Å². The summed E-state index contributed by atoms with van der Waals surface area (Å²) in [4.78, 5) is 0. The van der Waals surface area contributed by atoms with Gasteiger partial charge in [0.1, 0.15) is 0 Å². The molecule has 17 heavy (non-hydrogen) atoms. The highest BCUT2D eigenvalue weighted by Gasteiger charge is 2.39. The largest absolute Gasteiger partial charge is 0.384 e. The summed E-state index contributed by atoms with van der Waals surface area (Å²) in [6.45, 7) is 6.32. The second kappa shape index (κ2) is 7.38. The Balaban J connectivity index is 2.77. The Bertz CT molecular complexity index is 189. The van der Waals surface area contributed by atoms with Crippen LogP contribution in [0.3, 0.4) is 0 Å². The minimum atomic E-state index is 0.248. The van der Waals surface area contributed by atoms with Crippen molar-refractivity contribution in [3.8, 4) is 0 Å². The highest BCUT2D eigenvalue weighted by atomic mass is 16.5. The molecular weight excluding hydrogens is 212 g/mol. The van der Waals surface area contributed by atoms with Crippen molar-refractivity contribution in [1.82, 2.24) is 0 Å². The number of ether oxygens (including phenoxy) is 2. The van der Waals surface area contributed by atoms with E-state index in [9.17, 15) is 0 Å². The molecule has 2 nitrogen and oxygen atoms in total. The van der Waals surface area contributed by atoms with Gasteiger partial charge in [0.25, 0.3) is 0 Å². The molecule has 0 spiro atoms. The van der Waals surface area contributed by atoms with Gasteiger partial charge in [0.05, 0.1) is 13.2 Å². The molecule has 0 amide bonds. The van der Waals surface area contributed by atoms with Crippen LogP contribution in [0, 0.1) is 17.3 Å². The van der Waals surface area contributed by atoms with Gasteiger partial charge in [0.15, 0.2) is 0 Å². The predicted octanol–water partition coefficient (Wildman–Crippen LogP) is 3.89. The average molecular weight is 242 g/mol. The molecule has 1 aliphatic rings. The summed E-state index contributed by atoms with van der Waals surface area (Å²) in [5.41, 5.74) is 0.248. The number of methoxy groups -OCH3 is 2. The third kappa shape index (κ3) is 4.26. The van der Waals surface area contributed by atoms with E-state index in [0.29, 0.717) is 5.92 Å². The van der Waals surface area contributed by atoms with Crippen LogP contribution < -0.4 is 0 Å². The molecule has 0 aromatic rings. The minimum Gasteiger partial charge on any atom is -0.384 e. The highest BCUT2D eigenvalue weighted by molar-refractivity contribution is 4.89. The van der Waals surface area contributed by atoms with Crippen molar-refractivity contribution in [3.05, 3.63) is 0 Å². The van der Waals surface area contributed by atoms with Gasteiger partial charge >= 0.3 is 0 Å². The fraction of sp³-hybridized carbons (Fsp3) is 1.00. The van der Waals surface area contributed by atoms with Crippen LogP contribution in [0.2, 0.25) is 0 Å². The van der Waals surface area contributed by atoms with Gasteiger partial charge in [-0.1, -0.05) is 33.1 Å². The molecule has 0 saturated heterocycles. The molecule has 0 radical (unpaired) electrons. The van der Waals surface area contributed by atoms with Crippen molar-refractivity contribution >= 4 is 0 Å². The maximum Gasteiger partial charge on any atom is 0.0543 e. The first-order valence-corrected chi connectivity index (χ1v) is 7.12. The normalized spacial score (nSPS) is 18.9. The van der Waals surface area contributed by atoms with Crippen LogP contribution >= 0.6 is 0 Å². The van der Waals surface area contributed by atoms with E-state index in [2.05, 4.69) is 13.8 Å². The summed E-state index contributed by atoms with van der Waals surface area (Å²) in [6.07, 6.45) is 8.13. The molecular formula is C15H30O2. The molecule has 0 unspecified atom stereocenters. The lowest BCUT2D eigenvalue weighted by Gasteiger charge is -2.43. The summed E-state index contributed by atoms with van der Waals surface area (Å²) >= 11 is 0.